The number of anilines is 2. The van der Waals surface area contributed by atoms with Crippen molar-refractivity contribution >= 4 is 34.6 Å². The van der Waals surface area contributed by atoms with E-state index in [1.165, 1.54) is 11.1 Å². The first-order valence-electron chi connectivity index (χ1n) is 13.0. The van der Waals surface area contributed by atoms with Crippen LogP contribution in [0.25, 0.3) is 0 Å². The largest absolute Gasteiger partial charge is 0.378 e. The quantitative estimate of drug-likeness (QED) is 0.400. The summed E-state index contributed by atoms with van der Waals surface area (Å²) in [5, 5.41) is 14.2. The molecule has 3 aromatic rings. The van der Waals surface area contributed by atoms with Crippen molar-refractivity contribution in [3.63, 3.8) is 0 Å². The average molecular weight is 501 g/mol. The van der Waals surface area contributed by atoms with Crippen molar-refractivity contribution in [2.75, 3.05) is 17.2 Å². The van der Waals surface area contributed by atoms with Crippen LogP contribution in [0.15, 0.2) is 71.4 Å². The van der Waals surface area contributed by atoms with Gasteiger partial charge in [0, 0.05) is 29.9 Å². The Labute approximate surface area is 216 Å². The Morgan fingerprint density at radius 2 is 1.75 bits per heavy atom. The predicted octanol–water partition coefficient (Wildman–Crippen LogP) is 6.19. The fraction of sp³-hybridized carbons (Fsp3) is 0.379. The highest BCUT2D eigenvalue weighted by Gasteiger charge is 2.48. The van der Waals surface area contributed by atoms with Gasteiger partial charge in [0.05, 0.1) is 18.0 Å². The topological polar surface area (TPSA) is 73.5 Å². The zero-order valence-corrected chi connectivity index (χ0v) is 21.0. The van der Waals surface area contributed by atoms with E-state index in [9.17, 15) is 9.59 Å². The molecule has 3 amide bonds. The lowest BCUT2D eigenvalue weighted by atomic mass is 9.79. The molecular formula is C29H32N4O2S. The Kier molecular flexibility index (Phi) is 6.40. The first kappa shape index (κ1) is 23.1. The number of urea groups is 1. The molecule has 3 aliphatic rings. The summed E-state index contributed by atoms with van der Waals surface area (Å²) in [7, 11) is 0. The molecule has 36 heavy (non-hydrogen) atoms. The monoisotopic (exact) mass is 500 g/mol. The van der Waals surface area contributed by atoms with Crippen LogP contribution in [-0.2, 0) is 4.79 Å². The maximum Gasteiger partial charge on any atom is 0.319 e. The van der Waals surface area contributed by atoms with E-state index in [0.717, 1.165) is 50.0 Å². The molecule has 2 aromatic carbocycles. The van der Waals surface area contributed by atoms with Crippen molar-refractivity contribution in [1.29, 1.82) is 0 Å². The number of hydrogen-bond donors (Lipinski definition) is 3. The van der Waals surface area contributed by atoms with Gasteiger partial charge in [-0.05, 0) is 65.4 Å². The number of benzene rings is 2. The Morgan fingerprint density at radius 3 is 2.58 bits per heavy atom. The van der Waals surface area contributed by atoms with Gasteiger partial charge in [0.25, 0.3) is 0 Å². The Balaban J connectivity index is 1.23. The smallest absolute Gasteiger partial charge is 0.319 e. The van der Waals surface area contributed by atoms with Crippen molar-refractivity contribution in [3.05, 3.63) is 82.6 Å². The number of carbonyl (C=O) groups is 2. The second-order valence-corrected chi connectivity index (χ2v) is 10.9. The van der Waals surface area contributed by atoms with E-state index in [4.69, 9.17) is 0 Å². The average Bonchev–Trinajstić information content (AvgIpc) is 3.60. The fourth-order valence-corrected chi connectivity index (χ4v) is 7.12. The molecule has 3 heterocycles. The SMILES string of the molecule is O=C(Nc1ccccc1)N[C@@H]1CCCC[C@@H]1C(=O)N1CC[C@@H]2[C@H](c3ccsc3)Nc3ccccc3[C@@H]21. The van der Waals surface area contributed by atoms with Crippen molar-refractivity contribution in [2.24, 2.45) is 11.8 Å². The lowest BCUT2D eigenvalue weighted by Gasteiger charge is -2.41. The Morgan fingerprint density at radius 1 is 0.944 bits per heavy atom. The third-order valence-corrected chi connectivity index (χ3v) is 8.78. The van der Waals surface area contributed by atoms with E-state index in [0.29, 0.717) is 5.92 Å². The number of amides is 3. The molecule has 0 unspecified atom stereocenters. The van der Waals surface area contributed by atoms with Gasteiger partial charge in [-0.1, -0.05) is 49.2 Å². The number of para-hydroxylation sites is 2. The first-order valence-corrected chi connectivity index (χ1v) is 13.9. The number of likely N-dealkylation sites (tertiary alicyclic amines) is 1. The second kappa shape index (κ2) is 9.97. The number of thiophene rings is 1. The lowest BCUT2D eigenvalue weighted by molar-refractivity contribution is -0.138. The number of nitrogens with one attached hydrogen (secondary N) is 3. The minimum Gasteiger partial charge on any atom is -0.378 e. The molecule has 6 rings (SSSR count). The van der Waals surface area contributed by atoms with Crippen LogP contribution >= 0.6 is 11.3 Å². The van der Waals surface area contributed by atoms with Crippen molar-refractivity contribution in [3.8, 4) is 0 Å². The molecule has 1 aromatic heterocycles. The summed E-state index contributed by atoms with van der Waals surface area (Å²) in [5.74, 6) is 0.323. The molecule has 6 nitrogen and oxygen atoms in total. The van der Waals surface area contributed by atoms with E-state index in [1.54, 1.807) is 11.3 Å². The number of hydrogen-bond acceptors (Lipinski definition) is 4. The van der Waals surface area contributed by atoms with Gasteiger partial charge in [-0.25, -0.2) is 4.79 Å². The van der Waals surface area contributed by atoms with Gasteiger partial charge in [-0.2, -0.15) is 11.3 Å². The number of fused-ring (bicyclic) bond motifs is 3. The summed E-state index contributed by atoms with van der Waals surface area (Å²) in [6.07, 6.45) is 4.66. The highest BCUT2D eigenvalue weighted by atomic mass is 32.1. The van der Waals surface area contributed by atoms with Crippen LogP contribution in [0, 0.1) is 11.8 Å². The van der Waals surface area contributed by atoms with E-state index < -0.39 is 0 Å². The standard InChI is InChI=1S/C29H32N4O2S/c34-28(22-11-5-7-13-25(22)32-29(35)30-20-8-2-1-3-9-20)33-16-14-23-26(19-15-17-36-18-19)31-24-12-6-4-10-21(24)27(23)33/h1-4,6,8-10,12,15,17-18,22-23,25-27,31H,5,7,11,13-14,16H2,(H2,30,32,35)/t22-,23+,25+,26-,27-/m0/s1. The molecular weight excluding hydrogens is 468 g/mol. The van der Waals surface area contributed by atoms with Crippen LogP contribution in [0.1, 0.15) is 55.3 Å². The Bertz CT molecular complexity index is 1220. The molecule has 0 spiro atoms. The van der Waals surface area contributed by atoms with Crippen LogP contribution in [0.4, 0.5) is 16.2 Å². The predicted molar refractivity (Wildman–Crippen MR) is 144 cm³/mol. The maximum absolute atomic E-state index is 14.1. The van der Waals surface area contributed by atoms with Crippen molar-refractivity contribution < 1.29 is 9.59 Å². The molecule has 5 atom stereocenters. The third-order valence-electron chi connectivity index (χ3n) is 8.08. The number of rotatable bonds is 4. The lowest BCUT2D eigenvalue weighted by Crippen LogP contribution is -2.51. The zero-order valence-electron chi connectivity index (χ0n) is 20.2. The van der Waals surface area contributed by atoms with Crippen LogP contribution in [-0.4, -0.2) is 29.4 Å². The Hall–Kier alpha value is -3.32. The summed E-state index contributed by atoms with van der Waals surface area (Å²) < 4.78 is 0. The molecule has 1 saturated carbocycles. The molecule has 0 bridgehead atoms. The summed E-state index contributed by atoms with van der Waals surface area (Å²) in [5.41, 5.74) is 4.38. The maximum atomic E-state index is 14.1. The summed E-state index contributed by atoms with van der Waals surface area (Å²) in [6, 6.07) is 19.9. The molecule has 0 radical (unpaired) electrons. The molecule has 2 aliphatic heterocycles. The van der Waals surface area contributed by atoms with Gasteiger partial charge >= 0.3 is 6.03 Å². The first-order chi connectivity index (χ1) is 17.7. The molecule has 186 valence electrons. The summed E-state index contributed by atoms with van der Waals surface area (Å²) in [4.78, 5) is 29.1. The van der Waals surface area contributed by atoms with Crippen molar-refractivity contribution in [2.45, 2.75) is 50.2 Å². The second-order valence-electron chi connectivity index (χ2n) is 10.2. The van der Waals surface area contributed by atoms with E-state index >= 15 is 0 Å². The van der Waals surface area contributed by atoms with Crippen LogP contribution in [0.3, 0.4) is 0 Å². The van der Waals surface area contributed by atoms with Gasteiger partial charge in [0.15, 0.2) is 0 Å². The highest BCUT2D eigenvalue weighted by molar-refractivity contribution is 7.08. The van der Waals surface area contributed by atoms with Gasteiger partial charge in [-0.3, -0.25) is 4.79 Å². The van der Waals surface area contributed by atoms with Crippen LogP contribution in [0.5, 0.6) is 0 Å². The molecule has 7 heteroatoms. The van der Waals surface area contributed by atoms with Gasteiger partial charge in [0.2, 0.25) is 5.91 Å². The van der Waals surface area contributed by atoms with Gasteiger partial charge in [0.1, 0.15) is 0 Å². The van der Waals surface area contributed by atoms with E-state index in [1.807, 2.05) is 30.3 Å². The minimum atomic E-state index is -0.241. The van der Waals surface area contributed by atoms with Crippen molar-refractivity contribution in [1.82, 2.24) is 10.2 Å². The van der Waals surface area contributed by atoms with Gasteiger partial charge < -0.3 is 20.9 Å². The molecule has 1 saturated heterocycles. The van der Waals surface area contributed by atoms with Gasteiger partial charge in [-0.15, -0.1) is 0 Å². The number of nitrogens with zero attached hydrogens (tertiary/aromatic N) is 1. The molecule has 1 aliphatic carbocycles. The summed E-state index contributed by atoms with van der Waals surface area (Å²) in [6.45, 7) is 0.754. The zero-order chi connectivity index (χ0) is 24.5. The highest BCUT2D eigenvalue weighted by Crippen LogP contribution is 2.52. The minimum absolute atomic E-state index is 0.0561. The molecule has 2 fully saturated rings. The fourth-order valence-electron chi connectivity index (χ4n) is 6.42. The normalized spacial score (nSPS) is 26.9. The van der Waals surface area contributed by atoms with E-state index in [2.05, 4.69) is 61.9 Å². The van der Waals surface area contributed by atoms with Crippen LogP contribution < -0.4 is 16.0 Å². The number of carbonyl (C=O) groups excluding carboxylic acids is 2. The third kappa shape index (κ3) is 4.37. The molecule has 3 N–H and O–H groups in total. The van der Waals surface area contributed by atoms with Crippen LogP contribution in [0.2, 0.25) is 0 Å². The van der Waals surface area contributed by atoms with E-state index in [-0.39, 0.29) is 36.0 Å². The summed E-state index contributed by atoms with van der Waals surface area (Å²) >= 11 is 1.72.